The third kappa shape index (κ3) is 4.08. The van der Waals surface area contributed by atoms with Gasteiger partial charge in [-0.3, -0.25) is 0 Å². The van der Waals surface area contributed by atoms with Crippen molar-refractivity contribution >= 4 is 10.0 Å². The van der Waals surface area contributed by atoms with Crippen LogP contribution in [0, 0.1) is 17.1 Å². The van der Waals surface area contributed by atoms with Gasteiger partial charge in [-0.15, -0.1) is 0 Å². The number of nitriles is 1. The number of nitrogens with zero attached hydrogens (tertiary/aromatic N) is 2. The van der Waals surface area contributed by atoms with E-state index in [-0.39, 0.29) is 11.0 Å². The second-order valence-electron chi connectivity index (χ2n) is 5.55. The standard InChI is InChI=1S/C16H21FN2O3S/c1-2-11-22-13-5-4-9-19(10-8-13)23(20,21)16-7-3-6-15(17)14(16)12-18/h3,6-7,13H,2,4-5,8-11H2,1H3/t13-/m0/s1. The third-order valence-electron chi connectivity index (χ3n) is 3.90. The quantitative estimate of drug-likeness (QED) is 0.826. The number of ether oxygens (including phenoxy) is 1. The Bertz CT molecular complexity index is 685. The van der Waals surface area contributed by atoms with Gasteiger partial charge in [0.15, 0.2) is 0 Å². The monoisotopic (exact) mass is 340 g/mol. The van der Waals surface area contributed by atoms with E-state index in [0.717, 1.165) is 18.9 Å². The van der Waals surface area contributed by atoms with E-state index in [1.807, 2.05) is 6.92 Å². The molecule has 1 heterocycles. The van der Waals surface area contributed by atoms with Crippen LogP contribution in [0.3, 0.4) is 0 Å². The summed E-state index contributed by atoms with van der Waals surface area (Å²) in [6, 6.07) is 5.35. The molecule has 1 aromatic carbocycles. The molecular formula is C16H21FN2O3S. The highest BCUT2D eigenvalue weighted by Gasteiger charge is 2.30. The molecule has 0 aromatic heterocycles. The lowest BCUT2D eigenvalue weighted by atomic mass is 10.2. The van der Waals surface area contributed by atoms with Gasteiger partial charge in [-0.1, -0.05) is 13.0 Å². The summed E-state index contributed by atoms with van der Waals surface area (Å²) in [6.07, 6.45) is 3.08. The number of halogens is 1. The molecule has 1 fully saturated rings. The molecule has 2 rings (SSSR count). The highest BCUT2D eigenvalue weighted by Crippen LogP contribution is 2.25. The Morgan fingerprint density at radius 3 is 2.87 bits per heavy atom. The lowest BCUT2D eigenvalue weighted by Gasteiger charge is -2.21. The van der Waals surface area contributed by atoms with Crippen LogP contribution in [0.1, 0.15) is 38.2 Å². The summed E-state index contributed by atoms with van der Waals surface area (Å²) in [7, 11) is -3.88. The Kier molecular flexibility index (Phi) is 6.10. The molecule has 1 atom stereocenters. The minimum absolute atomic E-state index is 0.0538. The zero-order valence-electron chi connectivity index (χ0n) is 13.2. The van der Waals surface area contributed by atoms with E-state index < -0.39 is 21.4 Å². The Morgan fingerprint density at radius 1 is 1.39 bits per heavy atom. The van der Waals surface area contributed by atoms with Gasteiger partial charge in [0.1, 0.15) is 22.3 Å². The van der Waals surface area contributed by atoms with Gasteiger partial charge in [-0.25, -0.2) is 12.8 Å². The van der Waals surface area contributed by atoms with Crippen LogP contribution in [-0.2, 0) is 14.8 Å². The molecule has 1 saturated heterocycles. The van der Waals surface area contributed by atoms with Crippen molar-refractivity contribution in [3.8, 4) is 6.07 Å². The first-order valence-electron chi connectivity index (χ1n) is 7.81. The topological polar surface area (TPSA) is 70.4 Å². The molecule has 0 N–H and O–H groups in total. The molecule has 7 heteroatoms. The SMILES string of the molecule is CCCO[C@H]1CCCN(S(=O)(=O)c2cccc(F)c2C#N)CC1. The minimum Gasteiger partial charge on any atom is -0.378 e. The summed E-state index contributed by atoms with van der Waals surface area (Å²) in [6.45, 7) is 3.37. The van der Waals surface area contributed by atoms with Crippen LogP contribution in [0.25, 0.3) is 0 Å². The largest absolute Gasteiger partial charge is 0.378 e. The second kappa shape index (κ2) is 7.86. The van der Waals surface area contributed by atoms with E-state index in [1.54, 1.807) is 6.07 Å². The first-order valence-corrected chi connectivity index (χ1v) is 9.25. The minimum atomic E-state index is -3.88. The molecule has 0 unspecified atom stereocenters. The number of rotatable bonds is 5. The Morgan fingerprint density at radius 2 is 2.17 bits per heavy atom. The van der Waals surface area contributed by atoms with Crippen LogP contribution >= 0.6 is 0 Å². The van der Waals surface area contributed by atoms with Crippen LogP contribution in [0.4, 0.5) is 4.39 Å². The lowest BCUT2D eigenvalue weighted by molar-refractivity contribution is 0.0450. The number of sulfonamides is 1. The number of hydrogen-bond acceptors (Lipinski definition) is 4. The molecule has 5 nitrogen and oxygen atoms in total. The van der Waals surface area contributed by atoms with Gasteiger partial charge in [-0.05, 0) is 37.8 Å². The fourth-order valence-electron chi connectivity index (χ4n) is 2.70. The average molecular weight is 340 g/mol. The van der Waals surface area contributed by atoms with Crippen molar-refractivity contribution < 1.29 is 17.5 Å². The summed E-state index contributed by atoms with van der Waals surface area (Å²) in [5.41, 5.74) is -0.421. The maximum atomic E-state index is 13.7. The van der Waals surface area contributed by atoms with Gasteiger partial charge in [0.25, 0.3) is 0 Å². The molecule has 23 heavy (non-hydrogen) atoms. The van der Waals surface area contributed by atoms with Crippen molar-refractivity contribution in [2.45, 2.75) is 43.6 Å². The summed E-state index contributed by atoms with van der Waals surface area (Å²) in [5, 5.41) is 9.06. The molecule has 126 valence electrons. The van der Waals surface area contributed by atoms with E-state index in [4.69, 9.17) is 10.00 Å². The molecule has 0 amide bonds. The van der Waals surface area contributed by atoms with Crippen molar-refractivity contribution in [3.05, 3.63) is 29.6 Å². The first-order chi connectivity index (χ1) is 11.0. The molecule has 0 radical (unpaired) electrons. The third-order valence-corrected chi connectivity index (χ3v) is 5.84. The van der Waals surface area contributed by atoms with Crippen molar-refractivity contribution in [1.29, 1.82) is 5.26 Å². The molecule has 1 aromatic rings. The zero-order valence-corrected chi connectivity index (χ0v) is 14.0. The number of hydrogen-bond donors (Lipinski definition) is 0. The van der Waals surface area contributed by atoms with Crippen LogP contribution in [0.5, 0.6) is 0 Å². The van der Waals surface area contributed by atoms with Gasteiger partial charge in [-0.2, -0.15) is 9.57 Å². The summed E-state index contributed by atoms with van der Waals surface area (Å²) >= 11 is 0. The van der Waals surface area contributed by atoms with Gasteiger partial charge in [0.05, 0.1) is 6.10 Å². The predicted octanol–water partition coefficient (Wildman–Crippen LogP) is 2.67. The highest BCUT2D eigenvalue weighted by molar-refractivity contribution is 7.89. The Labute approximate surface area is 136 Å². The average Bonchev–Trinajstić information content (AvgIpc) is 2.78. The molecule has 1 aliphatic rings. The van der Waals surface area contributed by atoms with Gasteiger partial charge >= 0.3 is 0 Å². The molecule has 0 saturated carbocycles. The van der Waals surface area contributed by atoms with E-state index >= 15 is 0 Å². The van der Waals surface area contributed by atoms with E-state index in [1.165, 1.54) is 16.4 Å². The first kappa shape index (κ1) is 17.9. The van der Waals surface area contributed by atoms with Crippen molar-refractivity contribution in [2.75, 3.05) is 19.7 Å². The summed E-state index contributed by atoms with van der Waals surface area (Å²) in [4.78, 5) is -0.257. The summed E-state index contributed by atoms with van der Waals surface area (Å²) in [5.74, 6) is -0.812. The normalized spacial score (nSPS) is 20.0. The lowest BCUT2D eigenvalue weighted by Crippen LogP contribution is -2.33. The van der Waals surface area contributed by atoms with E-state index in [9.17, 15) is 12.8 Å². The molecular weight excluding hydrogens is 319 g/mol. The van der Waals surface area contributed by atoms with Crippen LogP contribution in [0.15, 0.2) is 23.1 Å². The molecule has 0 bridgehead atoms. The van der Waals surface area contributed by atoms with Crippen molar-refractivity contribution in [2.24, 2.45) is 0 Å². The van der Waals surface area contributed by atoms with Gasteiger partial charge in [0, 0.05) is 19.7 Å². The number of benzene rings is 1. The smallest absolute Gasteiger partial charge is 0.244 e. The van der Waals surface area contributed by atoms with Crippen molar-refractivity contribution in [3.63, 3.8) is 0 Å². The maximum Gasteiger partial charge on any atom is 0.244 e. The molecule has 0 spiro atoms. The second-order valence-corrected chi connectivity index (χ2v) is 7.46. The predicted molar refractivity (Wildman–Crippen MR) is 83.8 cm³/mol. The van der Waals surface area contributed by atoms with Crippen molar-refractivity contribution in [1.82, 2.24) is 4.31 Å². The highest BCUT2D eigenvalue weighted by atomic mass is 32.2. The van der Waals surface area contributed by atoms with Gasteiger partial charge < -0.3 is 4.74 Å². The summed E-state index contributed by atoms with van der Waals surface area (Å²) < 4.78 is 46.3. The molecule has 0 aliphatic carbocycles. The Hall–Kier alpha value is -1.49. The van der Waals surface area contributed by atoms with E-state index in [2.05, 4.69) is 0 Å². The maximum absolute atomic E-state index is 13.7. The van der Waals surface area contributed by atoms with Crippen LogP contribution < -0.4 is 0 Å². The fraction of sp³-hybridized carbons (Fsp3) is 0.562. The fourth-order valence-corrected chi connectivity index (χ4v) is 4.34. The zero-order chi connectivity index (χ0) is 16.9. The van der Waals surface area contributed by atoms with Gasteiger partial charge in [0.2, 0.25) is 10.0 Å². The van der Waals surface area contributed by atoms with Crippen LogP contribution in [0.2, 0.25) is 0 Å². The molecule has 1 aliphatic heterocycles. The van der Waals surface area contributed by atoms with Crippen LogP contribution in [-0.4, -0.2) is 38.5 Å². The Balaban J connectivity index is 2.21. The van der Waals surface area contributed by atoms with E-state index in [0.29, 0.717) is 32.5 Å².